The Morgan fingerprint density at radius 3 is 3.09 bits per heavy atom. The molecule has 6 nitrogen and oxygen atoms in total. The molecule has 1 saturated heterocycles. The van der Waals surface area contributed by atoms with E-state index in [1.807, 2.05) is 12.1 Å². The number of hydrogen-bond acceptors (Lipinski definition) is 6. The van der Waals surface area contributed by atoms with Crippen molar-refractivity contribution in [3.8, 4) is 17.1 Å². The first-order valence-corrected chi connectivity index (χ1v) is 7.61. The molecule has 0 radical (unpaired) electrons. The molecular formula is C16H21N3O3. The van der Waals surface area contributed by atoms with Gasteiger partial charge in [0.2, 0.25) is 0 Å². The highest BCUT2D eigenvalue weighted by atomic mass is 16.5. The molecule has 6 heteroatoms. The number of likely N-dealkylation sites (N-methyl/N-ethyl adjacent to an activating group) is 1. The Labute approximate surface area is 129 Å². The van der Waals surface area contributed by atoms with Crippen molar-refractivity contribution in [1.82, 2.24) is 15.0 Å². The Bertz CT molecular complexity index is 614. The monoisotopic (exact) mass is 303 g/mol. The molecule has 1 aliphatic rings. The van der Waals surface area contributed by atoms with E-state index in [0.29, 0.717) is 24.8 Å². The van der Waals surface area contributed by atoms with Gasteiger partial charge in [-0.3, -0.25) is 4.98 Å². The Hall–Kier alpha value is -1.92. The van der Waals surface area contributed by atoms with Gasteiger partial charge >= 0.3 is 0 Å². The highest BCUT2D eigenvalue weighted by molar-refractivity contribution is 5.57. The van der Waals surface area contributed by atoms with Crippen molar-refractivity contribution in [2.45, 2.75) is 25.3 Å². The third kappa shape index (κ3) is 3.45. The molecule has 0 saturated carbocycles. The molecule has 1 atom stereocenters. The summed E-state index contributed by atoms with van der Waals surface area (Å²) >= 11 is 0. The second-order valence-electron chi connectivity index (χ2n) is 5.65. The fourth-order valence-electron chi connectivity index (χ4n) is 2.70. The van der Waals surface area contributed by atoms with Crippen LogP contribution in [0.3, 0.4) is 0 Å². The molecule has 3 heterocycles. The number of aromatic nitrogens is 2. The van der Waals surface area contributed by atoms with Gasteiger partial charge in [0, 0.05) is 36.9 Å². The highest BCUT2D eigenvalue weighted by Crippen LogP contribution is 2.24. The lowest BCUT2D eigenvalue weighted by Crippen LogP contribution is -2.30. The number of rotatable bonds is 6. The van der Waals surface area contributed by atoms with Crippen LogP contribution in [0.1, 0.15) is 18.5 Å². The van der Waals surface area contributed by atoms with Crippen molar-refractivity contribution in [3.63, 3.8) is 0 Å². The first-order valence-electron chi connectivity index (χ1n) is 7.61. The van der Waals surface area contributed by atoms with Crippen LogP contribution in [0.15, 0.2) is 29.0 Å². The first kappa shape index (κ1) is 15.0. The first-order chi connectivity index (χ1) is 10.8. The van der Waals surface area contributed by atoms with Gasteiger partial charge in [-0.2, -0.15) is 0 Å². The largest absolute Gasteiger partial charge is 0.490 e. The predicted octanol–water partition coefficient (Wildman–Crippen LogP) is 1.74. The summed E-state index contributed by atoms with van der Waals surface area (Å²) in [5, 5.41) is 12.8. The molecule has 0 amide bonds. The van der Waals surface area contributed by atoms with Gasteiger partial charge < -0.3 is 19.3 Å². The molecule has 3 rings (SSSR count). The third-order valence-corrected chi connectivity index (χ3v) is 4.04. The van der Waals surface area contributed by atoms with Crippen LogP contribution in [0, 0.1) is 0 Å². The van der Waals surface area contributed by atoms with Crippen LogP contribution in [0.5, 0.6) is 5.75 Å². The van der Waals surface area contributed by atoms with Gasteiger partial charge in [0.1, 0.15) is 12.4 Å². The van der Waals surface area contributed by atoms with Crippen molar-refractivity contribution in [3.05, 3.63) is 30.2 Å². The van der Waals surface area contributed by atoms with Crippen LogP contribution in [-0.4, -0.2) is 53.0 Å². The number of pyridine rings is 1. The second-order valence-corrected chi connectivity index (χ2v) is 5.65. The molecule has 2 aromatic rings. The SMILES string of the molecule is CN1CCC[C@H]1COc1cncc(-c2cc(CCO)no2)c1. The van der Waals surface area contributed by atoms with Crippen molar-refractivity contribution in [1.29, 1.82) is 0 Å². The van der Waals surface area contributed by atoms with E-state index in [0.717, 1.165) is 23.6 Å². The van der Waals surface area contributed by atoms with Crippen molar-refractivity contribution in [2.75, 3.05) is 26.8 Å². The average Bonchev–Trinajstić information content (AvgIpc) is 3.15. The molecule has 1 aliphatic heterocycles. The number of aliphatic hydroxyl groups excluding tert-OH is 1. The molecule has 1 fully saturated rings. The zero-order chi connectivity index (χ0) is 15.4. The maximum Gasteiger partial charge on any atom is 0.168 e. The fourth-order valence-corrected chi connectivity index (χ4v) is 2.70. The van der Waals surface area contributed by atoms with Gasteiger partial charge in [-0.25, -0.2) is 0 Å². The Kier molecular flexibility index (Phi) is 4.70. The van der Waals surface area contributed by atoms with E-state index in [2.05, 4.69) is 22.1 Å². The smallest absolute Gasteiger partial charge is 0.168 e. The maximum atomic E-state index is 8.92. The minimum atomic E-state index is 0.0578. The Balaban J connectivity index is 1.66. The van der Waals surface area contributed by atoms with Crippen LogP contribution >= 0.6 is 0 Å². The molecular weight excluding hydrogens is 282 g/mol. The van der Waals surface area contributed by atoms with Crippen LogP contribution < -0.4 is 4.74 Å². The standard InChI is InChI=1S/C16H21N3O3/c1-19-5-2-3-14(19)11-21-15-7-12(9-17-10-15)16-8-13(4-6-20)18-22-16/h7-10,14,20H,2-6,11H2,1H3/t14-/m0/s1. The molecule has 22 heavy (non-hydrogen) atoms. The minimum Gasteiger partial charge on any atom is -0.490 e. The molecule has 0 spiro atoms. The third-order valence-electron chi connectivity index (χ3n) is 4.04. The summed E-state index contributed by atoms with van der Waals surface area (Å²) in [4.78, 5) is 6.53. The van der Waals surface area contributed by atoms with E-state index in [9.17, 15) is 0 Å². The quantitative estimate of drug-likeness (QED) is 0.876. The van der Waals surface area contributed by atoms with Gasteiger partial charge in [0.25, 0.3) is 0 Å². The topological polar surface area (TPSA) is 71.6 Å². The predicted molar refractivity (Wildman–Crippen MR) is 81.7 cm³/mol. The van der Waals surface area contributed by atoms with Crippen molar-refractivity contribution < 1.29 is 14.4 Å². The summed E-state index contributed by atoms with van der Waals surface area (Å²) in [7, 11) is 2.13. The second kappa shape index (κ2) is 6.89. The van der Waals surface area contributed by atoms with Gasteiger partial charge in [0.15, 0.2) is 5.76 Å². The van der Waals surface area contributed by atoms with Gasteiger partial charge in [-0.05, 0) is 32.5 Å². The summed E-state index contributed by atoms with van der Waals surface area (Å²) < 4.78 is 11.2. The van der Waals surface area contributed by atoms with E-state index >= 15 is 0 Å². The summed E-state index contributed by atoms with van der Waals surface area (Å²) in [5.74, 6) is 1.37. The van der Waals surface area contributed by atoms with Crippen LogP contribution in [0.4, 0.5) is 0 Å². The van der Waals surface area contributed by atoms with Crippen LogP contribution in [-0.2, 0) is 6.42 Å². The lowest BCUT2D eigenvalue weighted by Gasteiger charge is -2.19. The van der Waals surface area contributed by atoms with E-state index < -0.39 is 0 Å². The van der Waals surface area contributed by atoms with E-state index in [-0.39, 0.29) is 6.61 Å². The molecule has 118 valence electrons. The number of nitrogens with zero attached hydrogens (tertiary/aromatic N) is 3. The van der Waals surface area contributed by atoms with Gasteiger partial charge in [-0.15, -0.1) is 0 Å². The molecule has 2 aromatic heterocycles. The van der Waals surface area contributed by atoms with Gasteiger partial charge in [0.05, 0.1) is 11.9 Å². The molecule has 1 N–H and O–H groups in total. The summed E-state index contributed by atoms with van der Waals surface area (Å²) in [6, 6.07) is 4.21. The zero-order valence-electron chi connectivity index (χ0n) is 12.7. The molecule has 0 bridgehead atoms. The Morgan fingerprint density at radius 1 is 1.41 bits per heavy atom. The average molecular weight is 303 g/mol. The summed E-state index contributed by atoms with van der Waals surface area (Å²) in [5.41, 5.74) is 1.56. The minimum absolute atomic E-state index is 0.0578. The lowest BCUT2D eigenvalue weighted by atomic mass is 10.2. The maximum absolute atomic E-state index is 8.92. The molecule has 0 unspecified atom stereocenters. The van der Waals surface area contributed by atoms with Crippen molar-refractivity contribution >= 4 is 0 Å². The lowest BCUT2D eigenvalue weighted by molar-refractivity contribution is 0.198. The fraction of sp³-hybridized carbons (Fsp3) is 0.500. The molecule has 0 aromatic carbocycles. The normalized spacial score (nSPS) is 18.7. The van der Waals surface area contributed by atoms with Crippen LogP contribution in [0.2, 0.25) is 0 Å². The number of likely N-dealkylation sites (tertiary alicyclic amines) is 1. The molecule has 0 aliphatic carbocycles. The number of ether oxygens (including phenoxy) is 1. The van der Waals surface area contributed by atoms with Gasteiger partial charge in [-0.1, -0.05) is 5.16 Å². The van der Waals surface area contributed by atoms with E-state index in [1.165, 1.54) is 12.8 Å². The summed E-state index contributed by atoms with van der Waals surface area (Å²) in [6.07, 6.45) is 6.33. The van der Waals surface area contributed by atoms with Crippen molar-refractivity contribution in [2.24, 2.45) is 0 Å². The Morgan fingerprint density at radius 2 is 2.32 bits per heavy atom. The zero-order valence-corrected chi connectivity index (χ0v) is 12.7. The van der Waals surface area contributed by atoms with Crippen LogP contribution in [0.25, 0.3) is 11.3 Å². The highest BCUT2D eigenvalue weighted by Gasteiger charge is 2.21. The van der Waals surface area contributed by atoms with E-state index in [4.69, 9.17) is 14.4 Å². The number of aliphatic hydroxyl groups is 1. The number of hydrogen-bond donors (Lipinski definition) is 1. The summed E-state index contributed by atoms with van der Waals surface area (Å²) in [6.45, 7) is 1.87. The van der Waals surface area contributed by atoms with E-state index in [1.54, 1.807) is 12.4 Å².